The fraction of sp³-hybridized carbons (Fsp3) is 0.333. The molecule has 0 amide bonds. The number of hydrogen-bond donors (Lipinski definition) is 2. The van der Waals surface area contributed by atoms with Crippen LogP contribution in [0.25, 0.3) is 16.7 Å². The van der Waals surface area contributed by atoms with Crippen molar-refractivity contribution < 1.29 is 8.42 Å². The molecule has 0 radical (unpaired) electrons. The summed E-state index contributed by atoms with van der Waals surface area (Å²) in [7, 11) is -3.32. The van der Waals surface area contributed by atoms with Gasteiger partial charge in [-0.05, 0) is 44.5 Å². The summed E-state index contributed by atoms with van der Waals surface area (Å²) >= 11 is 0. The van der Waals surface area contributed by atoms with Gasteiger partial charge in [-0.2, -0.15) is 5.26 Å². The predicted octanol–water partition coefficient (Wildman–Crippen LogP) is 2.41. The molecule has 0 unspecified atom stereocenters. The maximum atomic E-state index is 11.6. The number of rotatable bonds is 5. The lowest BCUT2D eigenvalue weighted by Crippen LogP contribution is -2.47. The Hall–Kier alpha value is -2.63. The van der Waals surface area contributed by atoms with Crippen LogP contribution in [0.15, 0.2) is 30.3 Å². The number of aryl methyl sites for hydroxylation is 1. The average molecular weight is 371 g/mol. The molecule has 2 aromatic heterocycles. The summed E-state index contributed by atoms with van der Waals surface area (Å²) in [6.07, 6.45) is 1.14. The molecule has 0 spiro atoms. The molecule has 3 rings (SSSR count). The summed E-state index contributed by atoms with van der Waals surface area (Å²) in [5.74, 6) is 0.758. The van der Waals surface area contributed by atoms with Crippen LogP contribution in [0.5, 0.6) is 0 Å². The van der Waals surface area contributed by atoms with E-state index in [9.17, 15) is 13.7 Å². The average Bonchev–Trinajstić information content (AvgIpc) is 2.89. The van der Waals surface area contributed by atoms with Crippen molar-refractivity contribution in [3.8, 4) is 6.07 Å². The molecule has 2 N–H and O–H groups in total. The van der Waals surface area contributed by atoms with E-state index in [-0.39, 0.29) is 0 Å². The van der Waals surface area contributed by atoms with E-state index in [1.807, 2.05) is 41.7 Å². The monoisotopic (exact) mass is 371 g/mol. The van der Waals surface area contributed by atoms with Gasteiger partial charge in [0.2, 0.25) is 10.0 Å². The van der Waals surface area contributed by atoms with Crippen LogP contribution in [0.3, 0.4) is 0 Å². The van der Waals surface area contributed by atoms with Crippen molar-refractivity contribution in [1.29, 1.82) is 5.26 Å². The van der Waals surface area contributed by atoms with Gasteiger partial charge in [0, 0.05) is 12.1 Å². The van der Waals surface area contributed by atoms with Crippen molar-refractivity contribution in [3.63, 3.8) is 0 Å². The van der Waals surface area contributed by atoms with Gasteiger partial charge < -0.3 is 5.32 Å². The number of pyridine rings is 1. The minimum absolute atomic E-state index is 0.368. The smallest absolute Gasteiger partial charge is 0.209 e. The second-order valence-corrected chi connectivity index (χ2v) is 8.82. The van der Waals surface area contributed by atoms with Gasteiger partial charge in [0.25, 0.3) is 0 Å². The van der Waals surface area contributed by atoms with E-state index < -0.39 is 15.6 Å². The maximum Gasteiger partial charge on any atom is 0.209 e. The molecule has 0 aliphatic rings. The van der Waals surface area contributed by atoms with Gasteiger partial charge in [-0.15, -0.1) is 0 Å². The molecule has 1 aromatic carbocycles. The van der Waals surface area contributed by atoms with Crippen molar-refractivity contribution >= 4 is 32.5 Å². The highest BCUT2D eigenvalue weighted by atomic mass is 32.2. The zero-order chi connectivity index (χ0) is 19.1. The first-order valence-electron chi connectivity index (χ1n) is 8.15. The van der Waals surface area contributed by atoms with Crippen LogP contribution in [0.4, 0.5) is 5.82 Å². The third kappa shape index (κ3) is 3.49. The zero-order valence-corrected chi connectivity index (χ0v) is 16.0. The van der Waals surface area contributed by atoms with Crippen LogP contribution in [-0.4, -0.2) is 36.1 Å². The zero-order valence-electron chi connectivity index (χ0n) is 15.2. The summed E-state index contributed by atoms with van der Waals surface area (Å²) in [5, 5.41) is 12.8. The maximum absolute atomic E-state index is 11.6. The minimum atomic E-state index is -3.32. The number of anilines is 1. The van der Waals surface area contributed by atoms with Crippen molar-refractivity contribution in [1.82, 2.24) is 14.1 Å². The number of benzene rings is 1. The van der Waals surface area contributed by atoms with Gasteiger partial charge >= 0.3 is 0 Å². The molecule has 0 saturated carbocycles. The molecule has 2 heterocycles. The fourth-order valence-electron chi connectivity index (χ4n) is 3.07. The van der Waals surface area contributed by atoms with Crippen LogP contribution in [0, 0.1) is 18.3 Å². The second-order valence-electron chi connectivity index (χ2n) is 7.07. The number of nitrogens with zero attached hydrogens (tertiary/aromatic N) is 3. The molecule has 0 aliphatic heterocycles. The van der Waals surface area contributed by atoms with Crippen LogP contribution in [0.2, 0.25) is 0 Å². The van der Waals surface area contributed by atoms with Crippen molar-refractivity contribution in [2.75, 3.05) is 18.1 Å². The number of nitrogens with one attached hydrogen (secondary N) is 2. The molecule has 8 heteroatoms. The minimum Gasteiger partial charge on any atom is -0.369 e. The van der Waals surface area contributed by atoms with Gasteiger partial charge in [0.1, 0.15) is 11.9 Å². The third-order valence-corrected chi connectivity index (χ3v) is 4.98. The lowest BCUT2D eigenvalue weighted by atomic mass is 10.1. The number of sulfonamides is 1. The number of fused-ring (bicyclic) bond motifs is 3. The molecular formula is C18H21N5O2S. The van der Waals surface area contributed by atoms with E-state index in [1.165, 1.54) is 0 Å². The molecule has 0 aliphatic carbocycles. The second kappa shape index (κ2) is 6.27. The Kier molecular flexibility index (Phi) is 4.38. The molecule has 0 atom stereocenters. The van der Waals surface area contributed by atoms with Gasteiger partial charge in [0.15, 0.2) is 5.65 Å². The number of para-hydroxylation sites is 2. The van der Waals surface area contributed by atoms with E-state index in [0.717, 1.165) is 28.7 Å². The van der Waals surface area contributed by atoms with E-state index >= 15 is 0 Å². The van der Waals surface area contributed by atoms with Crippen molar-refractivity contribution in [2.24, 2.45) is 0 Å². The Labute approximate surface area is 152 Å². The van der Waals surface area contributed by atoms with E-state index in [0.29, 0.717) is 17.8 Å². The normalized spacial score (nSPS) is 12.4. The number of nitriles is 1. The number of aromatic nitrogens is 2. The largest absolute Gasteiger partial charge is 0.369 e. The Morgan fingerprint density at radius 2 is 2.00 bits per heavy atom. The molecule has 3 aromatic rings. The Morgan fingerprint density at radius 3 is 2.65 bits per heavy atom. The SMILES string of the molecule is Cc1cc(NCC(C)(C)NS(C)(=O)=O)n2c(nc3ccccc32)c1C#N. The summed E-state index contributed by atoms with van der Waals surface area (Å²) in [5.41, 5.74) is 2.93. The summed E-state index contributed by atoms with van der Waals surface area (Å²) in [6, 6.07) is 11.8. The number of imidazole rings is 1. The third-order valence-electron chi connectivity index (χ3n) is 4.06. The molecule has 0 fully saturated rings. The molecule has 136 valence electrons. The van der Waals surface area contributed by atoms with Crippen LogP contribution < -0.4 is 10.0 Å². The summed E-state index contributed by atoms with van der Waals surface area (Å²) < 4.78 is 27.6. The summed E-state index contributed by atoms with van der Waals surface area (Å²) in [6.45, 7) is 5.84. The van der Waals surface area contributed by atoms with Gasteiger partial charge in [0.05, 0.1) is 22.9 Å². The van der Waals surface area contributed by atoms with Gasteiger partial charge in [-0.25, -0.2) is 18.1 Å². The highest BCUT2D eigenvalue weighted by Gasteiger charge is 2.23. The molecule has 0 saturated heterocycles. The van der Waals surface area contributed by atoms with Crippen molar-refractivity contribution in [3.05, 3.63) is 41.5 Å². The molecule has 7 nitrogen and oxygen atoms in total. The first kappa shape index (κ1) is 18.2. The van der Waals surface area contributed by atoms with Crippen molar-refractivity contribution in [2.45, 2.75) is 26.3 Å². The first-order valence-corrected chi connectivity index (χ1v) is 10.0. The topological polar surface area (TPSA) is 99.3 Å². The standard InChI is InChI=1S/C18H21N5O2S/c1-12-9-16(20-11-18(2,3)22-26(4,24)25)23-15-8-6-5-7-14(15)21-17(23)13(12)10-19/h5-9,20,22H,11H2,1-4H3. The lowest BCUT2D eigenvalue weighted by Gasteiger charge is -2.26. The Morgan fingerprint density at radius 1 is 1.31 bits per heavy atom. The van der Waals surface area contributed by atoms with Crippen LogP contribution >= 0.6 is 0 Å². The first-order chi connectivity index (χ1) is 12.1. The molecule has 26 heavy (non-hydrogen) atoms. The van der Waals surface area contributed by atoms with Gasteiger partial charge in [-0.1, -0.05) is 12.1 Å². The van der Waals surface area contributed by atoms with E-state index in [4.69, 9.17) is 0 Å². The predicted molar refractivity (Wildman–Crippen MR) is 103 cm³/mol. The van der Waals surface area contributed by atoms with Gasteiger partial charge in [-0.3, -0.25) is 4.40 Å². The van der Waals surface area contributed by atoms with Crippen LogP contribution in [0.1, 0.15) is 25.0 Å². The quantitative estimate of drug-likeness (QED) is 0.717. The lowest BCUT2D eigenvalue weighted by molar-refractivity contribution is 0.475. The summed E-state index contributed by atoms with van der Waals surface area (Å²) in [4.78, 5) is 4.60. The fourth-order valence-corrected chi connectivity index (χ4v) is 4.15. The number of hydrogen-bond acceptors (Lipinski definition) is 5. The Balaban J connectivity index is 2.10. The molecule has 0 bridgehead atoms. The van der Waals surface area contributed by atoms with E-state index in [2.05, 4.69) is 21.1 Å². The Bertz CT molecular complexity index is 1140. The van der Waals surface area contributed by atoms with E-state index in [1.54, 1.807) is 13.8 Å². The van der Waals surface area contributed by atoms with Crippen LogP contribution in [-0.2, 0) is 10.0 Å². The molecular weight excluding hydrogens is 350 g/mol. The highest BCUT2D eigenvalue weighted by Crippen LogP contribution is 2.26. The highest BCUT2D eigenvalue weighted by molar-refractivity contribution is 7.88.